The minimum absolute atomic E-state index is 0.0394. The molecular formula is C20H21ClFN3O. The second-order valence-electron chi connectivity index (χ2n) is 6.95. The maximum absolute atomic E-state index is 13.0. The maximum Gasteiger partial charge on any atom is 0.243 e. The van der Waals surface area contributed by atoms with Crippen molar-refractivity contribution >= 4 is 28.9 Å². The van der Waals surface area contributed by atoms with Crippen molar-refractivity contribution in [3.63, 3.8) is 0 Å². The second-order valence-corrected chi connectivity index (χ2v) is 7.39. The molecule has 2 heterocycles. The van der Waals surface area contributed by atoms with Crippen molar-refractivity contribution in [3.8, 4) is 0 Å². The first-order chi connectivity index (χ1) is 12.6. The number of anilines is 2. The van der Waals surface area contributed by atoms with Gasteiger partial charge in [-0.25, -0.2) is 4.39 Å². The molecule has 0 bridgehead atoms. The minimum Gasteiger partial charge on any atom is -0.373 e. The van der Waals surface area contributed by atoms with Crippen LogP contribution in [0.2, 0.25) is 5.02 Å². The highest BCUT2D eigenvalue weighted by Crippen LogP contribution is 2.29. The zero-order chi connectivity index (χ0) is 18.1. The Hall–Kier alpha value is -2.27. The summed E-state index contributed by atoms with van der Waals surface area (Å²) in [4.78, 5) is 14.8. The molecule has 0 radical (unpaired) electrons. The molecule has 0 aromatic heterocycles. The van der Waals surface area contributed by atoms with Crippen LogP contribution >= 0.6 is 11.6 Å². The van der Waals surface area contributed by atoms with Crippen LogP contribution in [0.4, 0.5) is 15.8 Å². The van der Waals surface area contributed by atoms with Gasteiger partial charge < -0.3 is 15.5 Å². The number of piperidine rings is 1. The van der Waals surface area contributed by atoms with Gasteiger partial charge in [0, 0.05) is 41.9 Å². The van der Waals surface area contributed by atoms with Crippen LogP contribution in [0.1, 0.15) is 18.4 Å². The number of amides is 1. The molecule has 1 amide bonds. The first-order valence-corrected chi connectivity index (χ1v) is 9.32. The van der Waals surface area contributed by atoms with E-state index in [0.29, 0.717) is 11.4 Å². The van der Waals surface area contributed by atoms with Gasteiger partial charge in [-0.3, -0.25) is 4.79 Å². The van der Waals surface area contributed by atoms with Gasteiger partial charge in [0.05, 0.1) is 0 Å². The van der Waals surface area contributed by atoms with Gasteiger partial charge in [-0.15, -0.1) is 0 Å². The predicted molar refractivity (Wildman–Crippen MR) is 102 cm³/mol. The van der Waals surface area contributed by atoms with Crippen LogP contribution in [0.15, 0.2) is 42.5 Å². The van der Waals surface area contributed by atoms with Gasteiger partial charge in [0.25, 0.3) is 0 Å². The molecule has 4 rings (SSSR count). The summed E-state index contributed by atoms with van der Waals surface area (Å²) in [7, 11) is 0. The number of nitrogens with zero attached hydrogens (tertiary/aromatic N) is 1. The molecule has 2 aliphatic rings. The smallest absolute Gasteiger partial charge is 0.243 e. The molecule has 136 valence electrons. The molecule has 2 aromatic rings. The topological polar surface area (TPSA) is 44.4 Å². The second kappa shape index (κ2) is 7.16. The fourth-order valence-corrected chi connectivity index (χ4v) is 3.92. The van der Waals surface area contributed by atoms with Gasteiger partial charge >= 0.3 is 0 Å². The summed E-state index contributed by atoms with van der Waals surface area (Å²) >= 11 is 6.03. The van der Waals surface area contributed by atoms with Crippen molar-refractivity contribution in [2.24, 2.45) is 0 Å². The van der Waals surface area contributed by atoms with Crippen LogP contribution in [0, 0.1) is 5.82 Å². The lowest BCUT2D eigenvalue weighted by Crippen LogP contribution is -2.48. The molecule has 1 atom stereocenters. The summed E-state index contributed by atoms with van der Waals surface area (Å²) in [5, 5.41) is 7.14. The van der Waals surface area contributed by atoms with E-state index in [1.807, 2.05) is 18.2 Å². The van der Waals surface area contributed by atoms with Crippen LogP contribution in [-0.4, -0.2) is 31.1 Å². The molecule has 1 fully saturated rings. The SMILES string of the molecule is O=C(NC1CCN(c2ccc(F)cc2)CC1)C1Cc2cc(Cl)ccc2N1. The van der Waals surface area contributed by atoms with Crippen LogP contribution in [0.5, 0.6) is 0 Å². The summed E-state index contributed by atoms with van der Waals surface area (Å²) in [6.07, 6.45) is 2.43. The van der Waals surface area contributed by atoms with E-state index < -0.39 is 0 Å². The molecular weight excluding hydrogens is 353 g/mol. The molecule has 2 N–H and O–H groups in total. The zero-order valence-corrected chi connectivity index (χ0v) is 15.1. The van der Waals surface area contributed by atoms with Crippen LogP contribution < -0.4 is 15.5 Å². The Morgan fingerprint density at radius 3 is 2.62 bits per heavy atom. The largest absolute Gasteiger partial charge is 0.373 e. The number of carbonyl (C=O) groups excluding carboxylic acids is 1. The van der Waals surface area contributed by atoms with Crippen LogP contribution in [0.3, 0.4) is 0 Å². The zero-order valence-electron chi connectivity index (χ0n) is 14.3. The Labute approximate surface area is 157 Å². The first-order valence-electron chi connectivity index (χ1n) is 8.94. The summed E-state index contributed by atoms with van der Waals surface area (Å²) in [6.45, 7) is 1.70. The average Bonchev–Trinajstić information content (AvgIpc) is 3.06. The predicted octanol–water partition coefficient (Wildman–Crippen LogP) is 3.60. The van der Waals surface area contributed by atoms with Crippen LogP contribution in [-0.2, 0) is 11.2 Å². The number of benzene rings is 2. The molecule has 1 saturated heterocycles. The highest BCUT2D eigenvalue weighted by molar-refractivity contribution is 6.30. The van der Waals surface area contributed by atoms with Gasteiger partial charge in [0.1, 0.15) is 11.9 Å². The van der Waals surface area contributed by atoms with Crippen molar-refractivity contribution in [2.75, 3.05) is 23.3 Å². The Kier molecular flexibility index (Phi) is 4.72. The highest BCUT2D eigenvalue weighted by Gasteiger charge is 2.29. The van der Waals surface area contributed by atoms with E-state index in [9.17, 15) is 9.18 Å². The van der Waals surface area contributed by atoms with Crippen molar-refractivity contribution in [3.05, 3.63) is 58.9 Å². The molecule has 0 aliphatic carbocycles. The molecule has 2 aromatic carbocycles. The average molecular weight is 374 g/mol. The summed E-state index contributed by atoms with van der Waals surface area (Å²) in [5.41, 5.74) is 3.10. The summed E-state index contributed by atoms with van der Waals surface area (Å²) < 4.78 is 13.0. The van der Waals surface area contributed by atoms with Gasteiger partial charge in [0.2, 0.25) is 5.91 Å². The molecule has 26 heavy (non-hydrogen) atoms. The molecule has 1 unspecified atom stereocenters. The van der Waals surface area contributed by atoms with Gasteiger partial charge in [-0.1, -0.05) is 11.6 Å². The lowest BCUT2D eigenvalue weighted by atomic mass is 10.0. The Morgan fingerprint density at radius 2 is 1.88 bits per heavy atom. The molecule has 0 saturated carbocycles. The number of hydrogen-bond acceptors (Lipinski definition) is 3. The Balaban J connectivity index is 1.29. The summed E-state index contributed by atoms with van der Waals surface area (Å²) in [6, 6.07) is 12.2. The molecule has 6 heteroatoms. The number of nitrogens with one attached hydrogen (secondary N) is 2. The number of hydrogen-bond donors (Lipinski definition) is 2. The van der Waals surface area contributed by atoms with Gasteiger partial charge in [-0.05, 0) is 60.9 Å². The van der Waals surface area contributed by atoms with Gasteiger partial charge in [0.15, 0.2) is 0 Å². The Bertz CT molecular complexity index is 803. The van der Waals surface area contributed by atoms with E-state index in [1.165, 1.54) is 12.1 Å². The number of rotatable bonds is 3. The van der Waals surface area contributed by atoms with E-state index in [2.05, 4.69) is 15.5 Å². The van der Waals surface area contributed by atoms with Gasteiger partial charge in [-0.2, -0.15) is 0 Å². The first kappa shape index (κ1) is 17.2. The fourth-order valence-electron chi connectivity index (χ4n) is 3.72. The van der Waals surface area contributed by atoms with Crippen molar-refractivity contribution in [1.29, 1.82) is 0 Å². The summed E-state index contributed by atoms with van der Waals surface area (Å²) in [5.74, 6) is -0.181. The molecule has 4 nitrogen and oxygen atoms in total. The van der Waals surface area contributed by atoms with Crippen molar-refractivity contribution in [2.45, 2.75) is 31.3 Å². The highest BCUT2D eigenvalue weighted by atomic mass is 35.5. The van der Waals surface area contributed by atoms with Crippen molar-refractivity contribution in [1.82, 2.24) is 5.32 Å². The third kappa shape index (κ3) is 3.63. The lowest BCUT2D eigenvalue weighted by Gasteiger charge is -2.34. The van der Waals surface area contributed by atoms with E-state index in [-0.39, 0.29) is 23.8 Å². The quantitative estimate of drug-likeness (QED) is 0.864. The minimum atomic E-state index is -0.237. The Morgan fingerprint density at radius 1 is 1.15 bits per heavy atom. The van der Waals surface area contributed by atoms with E-state index in [0.717, 1.165) is 42.9 Å². The van der Waals surface area contributed by atoms with Crippen molar-refractivity contribution < 1.29 is 9.18 Å². The third-order valence-corrected chi connectivity index (χ3v) is 5.41. The lowest BCUT2D eigenvalue weighted by molar-refractivity contribution is -0.122. The molecule has 2 aliphatic heterocycles. The van der Waals surface area contributed by atoms with E-state index >= 15 is 0 Å². The number of fused-ring (bicyclic) bond motifs is 1. The maximum atomic E-state index is 13.0. The normalized spacial score (nSPS) is 19.8. The standard InChI is InChI=1S/C20H21ClFN3O/c21-14-1-6-18-13(11-14)12-19(24-18)20(26)23-16-7-9-25(10-8-16)17-4-2-15(22)3-5-17/h1-6,11,16,19,24H,7-10,12H2,(H,23,26). The van der Waals surface area contributed by atoms with E-state index in [1.54, 1.807) is 12.1 Å². The number of carbonyl (C=O) groups is 1. The fraction of sp³-hybridized carbons (Fsp3) is 0.350. The third-order valence-electron chi connectivity index (χ3n) is 5.17. The van der Waals surface area contributed by atoms with E-state index in [4.69, 9.17) is 11.6 Å². The van der Waals surface area contributed by atoms with Crippen LogP contribution in [0.25, 0.3) is 0 Å². The monoisotopic (exact) mass is 373 g/mol. The molecule has 0 spiro atoms. The number of halogens is 2.